The highest BCUT2D eigenvalue weighted by Gasteiger charge is 2.28. The molecule has 1 fully saturated rings. The van der Waals surface area contributed by atoms with Crippen LogP contribution in [0.15, 0.2) is 96.1 Å². The van der Waals surface area contributed by atoms with Crippen LogP contribution >= 0.6 is 0 Å². The van der Waals surface area contributed by atoms with E-state index in [1.54, 1.807) is 0 Å². The number of nitro benzene ring substituents is 3. The molecular weight excluding hydrogens is 562 g/mol. The standard InChI is InChI=1S/C29H21N5O9/c35-27(30-23-5-11-26(12-6-23)34(42)43)13-14-28(36)31-17-21(15-19-1-7-24(8-2-19)32(38)39)29(37)22(18-31)16-20-3-9-25(10-4-20)33(40)41/h1-16H,17-18H2,(H,30,35)/b14-13+,21-15+,22-16+. The summed E-state index contributed by atoms with van der Waals surface area (Å²) in [6.07, 6.45) is 5.00. The van der Waals surface area contributed by atoms with Crippen molar-refractivity contribution in [2.45, 2.75) is 0 Å². The number of hydrogen-bond donors (Lipinski definition) is 1. The van der Waals surface area contributed by atoms with E-state index < -0.39 is 26.6 Å². The summed E-state index contributed by atoms with van der Waals surface area (Å²) >= 11 is 0. The van der Waals surface area contributed by atoms with Crippen LogP contribution in [0.1, 0.15) is 11.1 Å². The summed E-state index contributed by atoms with van der Waals surface area (Å²) in [6.45, 7) is -0.249. The normalized spacial score (nSPS) is 15.1. The molecule has 0 radical (unpaired) electrons. The van der Waals surface area contributed by atoms with Crippen LogP contribution in [-0.2, 0) is 14.4 Å². The number of anilines is 1. The molecule has 1 aliphatic rings. The molecule has 43 heavy (non-hydrogen) atoms. The summed E-state index contributed by atoms with van der Waals surface area (Å²) in [5.41, 5.74) is 1.22. The van der Waals surface area contributed by atoms with E-state index in [1.165, 1.54) is 89.8 Å². The lowest BCUT2D eigenvalue weighted by Gasteiger charge is -2.29. The second-order valence-corrected chi connectivity index (χ2v) is 9.19. The van der Waals surface area contributed by atoms with E-state index in [4.69, 9.17) is 0 Å². The quantitative estimate of drug-likeness (QED) is 0.226. The molecule has 14 heteroatoms. The van der Waals surface area contributed by atoms with Gasteiger partial charge in [-0.25, -0.2) is 0 Å². The van der Waals surface area contributed by atoms with Crippen LogP contribution in [0.5, 0.6) is 0 Å². The number of nitrogens with zero attached hydrogens (tertiary/aromatic N) is 4. The van der Waals surface area contributed by atoms with Crippen molar-refractivity contribution in [2.24, 2.45) is 0 Å². The number of carbonyl (C=O) groups excluding carboxylic acids is 3. The predicted octanol–water partition coefficient (Wildman–Crippen LogP) is 4.48. The van der Waals surface area contributed by atoms with Gasteiger partial charge in [-0.3, -0.25) is 44.7 Å². The number of likely N-dealkylation sites (tertiary alicyclic amines) is 1. The molecule has 2 amide bonds. The van der Waals surface area contributed by atoms with Crippen molar-refractivity contribution in [1.29, 1.82) is 0 Å². The lowest BCUT2D eigenvalue weighted by Crippen LogP contribution is -2.41. The Balaban J connectivity index is 1.57. The van der Waals surface area contributed by atoms with E-state index >= 15 is 0 Å². The fraction of sp³-hybridized carbons (Fsp3) is 0.0690. The number of amides is 2. The van der Waals surface area contributed by atoms with Gasteiger partial charge in [0, 0.05) is 65.4 Å². The first-order chi connectivity index (χ1) is 20.5. The maximum Gasteiger partial charge on any atom is 0.269 e. The SMILES string of the molecule is O=C(/C=C/C(=O)N1C/C(=C\c2ccc([N+](=O)[O-])cc2)C(=O)/C(=C/c2ccc([N+](=O)[O-])cc2)C1)Nc1ccc([N+](=O)[O-])cc1. The van der Waals surface area contributed by atoms with Crippen molar-refractivity contribution in [2.75, 3.05) is 18.4 Å². The minimum Gasteiger partial charge on any atom is -0.330 e. The molecule has 0 saturated carbocycles. The van der Waals surface area contributed by atoms with Gasteiger partial charge < -0.3 is 10.2 Å². The van der Waals surface area contributed by atoms with Crippen LogP contribution in [-0.4, -0.2) is 50.4 Å². The lowest BCUT2D eigenvalue weighted by atomic mass is 9.94. The maximum absolute atomic E-state index is 13.4. The fourth-order valence-electron chi connectivity index (χ4n) is 4.08. The number of nitro groups is 3. The number of nitrogens with one attached hydrogen (secondary N) is 1. The van der Waals surface area contributed by atoms with Crippen molar-refractivity contribution in [1.82, 2.24) is 4.90 Å². The third-order valence-electron chi connectivity index (χ3n) is 6.23. The molecule has 216 valence electrons. The van der Waals surface area contributed by atoms with Gasteiger partial charge in [-0.1, -0.05) is 0 Å². The Morgan fingerprint density at radius 3 is 1.44 bits per heavy atom. The Labute approximate surface area is 242 Å². The smallest absolute Gasteiger partial charge is 0.269 e. The van der Waals surface area contributed by atoms with Crippen molar-refractivity contribution in [3.63, 3.8) is 0 Å². The van der Waals surface area contributed by atoms with Crippen LogP contribution in [0.3, 0.4) is 0 Å². The summed E-state index contributed by atoms with van der Waals surface area (Å²) in [5, 5.41) is 35.3. The van der Waals surface area contributed by atoms with E-state index in [1.807, 2.05) is 0 Å². The predicted molar refractivity (Wildman–Crippen MR) is 155 cm³/mol. The Hall–Kier alpha value is -6.31. The zero-order chi connectivity index (χ0) is 31.1. The molecule has 1 heterocycles. The van der Waals surface area contributed by atoms with Crippen LogP contribution < -0.4 is 5.32 Å². The first kappa shape index (κ1) is 29.7. The average Bonchev–Trinajstić information content (AvgIpc) is 2.98. The highest BCUT2D eigenvalue weighted by atomic mass is 16.6. The van der Waals surface area contributed by atoms with Gasteiger partial charge >= 0.3 is 0 Å². The molecular formula is C29H21N5O9. The van der Waals surface area contributed by atoms with Gasteiger partial charge in [0.1, 0.15) is 0 Å². The molecule has 1 N–H and O–H groups in total. The zero-order valence-electron chi connectivity index (χ0n) is 22.1. The van der Waals surface area contributed by atoms with E-state index in [0.29, 0.717) is 11.1 Å². The van der Waals surface area contributed by atoms with E-state index in [9.17, 15) is 44.7 Å². The summed E-state index contributed by atoms with van der Waals surface area (Å²) < 4.78 is 0. The molecule has 1 aliphatic heterocycles. The molecule has 0 aliphatic carbocycles. The second-order valence-electron chi connectivity index (χ2n) is 9.19. The van der Waals surface area contributed by atoms with Gasteiger partial charge in [0.2, 0.25) is 11.8 Å². The van der Waals surface area contributed by atoms with Gasteiger partial charge in [-0.05, 0) is 59.7 Å². The van der Waals surface area contributed by atoms with Gasteiger partial charge in [0.05, 0.1) is 27.9 Å². The van der Waals surface area contributed by atoms with Crippen LogP contribution in [0.2, 0.25) is 0 Å². The third kappa shape index (κ3) is 7.67. The van der Waals surface area contributed by atoms with Crippen LogP contribution in [0.25, 0.3) is 12.2 Å². The third-order valence-corrected chi connectivity index (χ3v) is 6.23. The van der Waals surface area contributed by atoms with Crippen LogP contribution in [0.4, 0.5) is 22.7 Å². The van der Waals surface area contributed by atoms with Gasteiger partial charge in [-0.15, -0.1) is 0 Å². The number of piperidine rings is 1. The minimum atomic E-state index is -0.668. The number of ketones is 1. The van der Waals surface area contributed by atoms with Gasteiger partial charge in [0.25, 0.3) is 17.1 Å². The molecule has 3 aromatic rings. The number of Topliss-reactive ketones (excluding diaryl/α,β-unsaturated/α-hetero) is 1. The zero-order valence-corrected chi connectivity index (χ0v) is 22.1. The lowest BCUT2D eigenvalue weighted by molar-refractivity contribution is -0.385. The first-order valence-electron chi connectivity index (χ1n) is 12.5. The monoisotopic (exact) mass is 583 g/mol. The van der Waals surface area contributed by atoms with Crippen molar-refractivity contribution in [3.05, 3.63) is 138 Å². The average molecular weight is 584 g/mol. The van der Waals surface area contributed by atoms with Crippen molar-refractivity contribution >= 4 is 52.5 Å². The van der Waals surface area contributed by atoms with E-state index in [-0.39, 0.29) is 52.8 Å². The summed E-state index contributed by atoms with van der Waals surface area (Å²) in [5.74, 6) is -1.66. The van der Waals surface area contributed by atoms with Gasteiger partial charge in [-0.2, -0.15) is 0 Å². The topological polar surface area (TPSA) is 196 Å². The Morgan fingerprint density at radius 1 is 0.651 bits per heavy atom. The molecule has 14 nitrogen and oxygen atoms in total. The Kier molecular flexibility index (Phi) is 8.90. The summed E-state index contributed by atoms with van der Waals surface area (Å²) in [4.78, 5) is 71.2. The molecule has 0 atom stereocenters. The fourth-order valence-corrected chi connectivity index (χ4v) is 4.08. The number of rotatable bonds is 8. The van der Waals surface area contributed by atoms with Crippen LogP contribution in [0, 0.1) is 30.3 Å². The number of benzene rings is 3. The molecule has 0 bridgehead atoms. The molecule has 0 unspecified atom stereocenters. The molecule has 3 aromatic carbocycles. The molecule has 0 spiro atoms. The number of hydrogen-bond acceptors (Lipinski definition) is 9. The number of non-ortho nitro benzene ring substituents is 3. The number of carbonyl (C=O) groups is 3. The van der Waals surface area contributed by atoms with Crippen molar-refractivity contribution < 1.29 is 29.2 Å². The molecule has 1 saturated heterocycles. The van der Waals surface area contributed by atoms with Gasteiger partial charge in [0.15, 0.2) is 5.78 Å². The second kappa shape index (κ2) is 12.9. The largest absolute Gasteiger partial charge is 0.330 e. The maximum atomic E-state index is 13.4. The minimum absolute atomic E-state index is 0.124. The highest BCUT2D eigenvalue weighted by molar-refractivity contribution is 6.16. The highest BCUT2D eigenvalue weighted by Crippen LogP contribution is 2.24. The first-order valence-corrected chi connectivity index (χ1v) is 12.5. The Morgan fingerprint density at radius 2 is 1.05 bits per heavy atom. The van der Waals surface area contributed by atoms with E-state index in [2.05, 4.69) is 5.32 Å². The summed E-state index contributed by atoms with van der Waals surface area (Å²) in [6, 6.07) is 16.1. The molecule has 4 rings (SSSR count). The Bertz CT molecular complexity index is 1630. The molecule has 0 aromatic heterocycles. The van der Waals surface area contributed by atoms with E-state index in [0.717, 1.165) is 12.2 Å². The van der Waals surface area contributed by atoms with Crippen molar-refractivity contribution in [3.8, 4) is 0 Å². The summed E-state index contributed by atoms with van der Waals surface area (Å²) in [7, 11) is 0.